The first-order chi connectivity index (χ1) is 18.0. The van der Waals surface area contributed by atoms with E-state index in [-0.39, 0.29) is 25.0 Å². The molecule has 0 aromatic heterocycles. The maximum Gasteiger partial charge on any atom is 0.409 e. The van der Waals surface area contributed by atoms with Crippen LogP contribution in [-0.2, 0) is 21.5 Å². The second-order valence-corrected chi connectivity index (χ2v) is 10.3. The molecule has 1 fully saturated rings. The van der Waals surface area contributed by atoms with E-state index in [1.807, 2.05) is 12.1 Å². The summed E-state index contributed by atoms with van der Waals surface area (Å²) in [6.45, 7) is 8.74. The van der Waals surface area contributed by atoms with Crippen molar-refractivity contribution in [3.05, 3.63) is 70.8 Å². The quantitative estimate of drug-likeness (QED) is 0.427. The second kappa shape index (κ2) is 13.2. The van der Waals surface area contributed by atoms with Crippen LogP contribution in [0, 0.1) is 11.6 Å². The number of piperidine rings is 1. The molecule has 2 aromatic carbocycles. The summed E-state index contributed by atoms with van der Waals surface area (Å²) in [6.07, 6.45) is -0.132. The van der Waals surface area contributed by atoms with Crippen LogP contribution in [0.25, 0.3) is 0 Å². The number of halogens is 2. The molecule has 0 spiro atoms. The van der Waals surface area contributed by atoms with Gasteiger partial charge in [-0.3, -0.25) is 4.79 Å². The molecule has 2 amide bonds. The van der Waals surface area contributed by atoms with Crippen LogP contribution in [0.4, 0.5) is 13.6 Å². The van der Waals surface area contributed by atoms with Crippen molar-refractivity contribution in [3.8, 4) is 0 Å². The third-order valence-electron chi connectivity index (χ3n) is 7.13. The van der Waals surface area contributed by atoms with E-state index in [1.165, 1.54) is 24.6 Å². The molecule has 2 atom stereocenters. The largest absolute Gasteiger partial charge is 0.450 e. The van der Waals surface area contributed by atoms with E-state index in [4.69, 9.17) is 4.74 Å². The molecular weight excluding hydrogens is 492 g/mol. The number of nitrogens with one attached hydrogen (secondary N) is 2. The fraction of sp³-hybridized carbons (Fsp3) is 0.517. The van der Waals surface area contributed by atoms with Crippen molar-refractivity contribution < 1.29 is 28.2 Å². The number of nitrogens with zero attached hydrogens (tertiary/aromatic N) is 1. The van der Waals surface area contributed by atoms with Gasteiger partial charge in [-0.05, 0) is 60.9 Å². The fourth-order valence-electron chi connectivity index (χ4n) is 5.02. The highest BCUT2D eigenvalue weighted by Gasteiger charge is 2.38. The number of amides is 2. The van der Waals surface area contributed by atoms with Crippen LogP contribution in [-0.4, -0.2) is 60.4 Å². The van der Waals surface area contributed by atoms with Gasteiger partial charge in [0.25, 0.3) is 0 Å². The summed E-state index contributed by atoms with van der Waals surface area (Å²) in [6, 6.07) is 10.7. The van der Waals surface area contributed by atoms with Gasteiger partial charge in [0.1, 0.15) is 11.6 Å². The van der Waals surface area contributed by atoms with Crippen LogP contribution in [0.1, 0.15) is 63.1 Å². The van der Waals surface area contributed by atoms with E-state index in [0.29, 0.717) is 44.0 Å². The predicted octanol–water partition coefficient (Wildman–Crippen LogP) is 4.23. The van der Waals surface area contributed by atoms with Crippen LogP contribution in [0.2, 0.25) is 0 Å². The topological polar surface area (TPSA) is 90.9 Å². The Morgan fingerprint density at radius 2 is 1.76 bits per heavy atom. The van der Waals surface area contributed by atoms with E-state index in [9.17, 15) is 23.5 Å². The monoisotopic (exact) mass is 531 g/mol. The zero-order chi connectivity index (χ0) is 27.9. The molecule has 9 heteroatoms. The Labute approximate surface area is 223 Å². The van der Waals surface area contributed by atoms with Gasteiger partial charge in [0, 0.05) is 38.2 Å². The van der Waals surface area contributed by atoms with Gasteiger partial charge in [-0.1, -0.05) is 38.1 Å². The van der Waals surface area contributed by atoms with E-state index in [2.05, 4.69) is 36.6 Å². The van der Waals surface area contributed by atoms with Gasteiger partial charge in [-0.15, -0.1) is 0 Å². The molecule has 2 aromatic rings. The first kappa shape index (κ1) is 29.5. The van der Waals surface area contributed by atoms with Crippen molar-refractivity contribution >= 4 is 12.0 Å². The van der Waals surface area contributed by atoms with Crippen LogP contribution in [0.5, 0.6) is 0 Å². The molecule has 208 valence electrons. The minimum atomic E-state index is -1.04. The predicted molar refractivity (Wildman–Crippen MR) is 142 cm³/mol. The van der Waals surface area contributed by atoms with Gasteiger partial charge in [0.2, 0.25) is 5.91 Å². The SMILES string of the molecule is CCOC(=O)N1CCC(NCC(O)C(Cc2cc(F)cc(F)c2)NC(C)=O)(c2cccc(C(C)C)c2)CC1. The molecule has 1 heterocycles. The number of rotatable bonds is 10. The maximum atomic E-state index is 13.8. The number of likely N-dealkylation sites (tertiary alicyclic amines) is 1. The Bertz CT molecular complexity index is 1080. The lowest BCUT2D eigenvalue weighted by Gasteiger charge is -2.43. The first-order valence-corrected chi connectivity index (χ1v) is 13.2. The van der Waals surface area contributed by atoms with Crippen molar-refractivity contribution in [2.24, 2.45) is 0 Å². The third kappa shape index (κ3) is 7.74. The average molecular weight is 532 g/mol. The average Bonchev–Trinajstić information content (AvgIpc) is 2.86. The van der Waals surface area contributed by atoms with E-state index in [1.54, 1.807) is 11.8 Å². The highest BCUT2D eigenvalue weighted by molar-refractivity contribution is 5.73. The summed E-state index contributed by atoms with van der Waals surface area (Å²) in [5.74, 6) is -1.46. The van der Waals surface area contributed by atoms with Crippen molar-refractivity contribution in [2.45, 2.75) is 70.6 Å². The smallest absolute Gasteiger partial charge is 0.409 e. The first-order valence-electron chi connectivity index (χ1n) is 13.2. The molecule has 0 radical (unpaired) electrons. The minimum absolute atomic E-state index is 0.0591. The minimum Gasteiger partial charge on any atom is -0.450 e. The number of hydrogen-bond acceptors (Lipinski definition) is 5. The molecule has 1 aliphatic heterocycles. The number of aliphatic hydroxyl groups is 1. The van der Waals surface area contributed by atoms with Crippen LogP contribution in [0.15, 0.2) is 42.5 Å². The normalized spacial score (nSPS) is 16.7. The Hall–Kier alpha value is -3.04. The van der Waals surface area contributed by atoms with E-state index >= 15 is 0 Å². The summed E-state index contributed by atoms with van der Waals surface area (Å²) >= 11 is 0. The van der Waals surface area contributed by atoms with Gasteiger partial charge in [-0.25, -0.2) is 13.6 Å². The van der Waals surface area contributed by atoms with Crippen molar-refractivity contribution in [1.29, 1.82) is 0 Å². The summed E-state index contributed by atoms with van der Waals surface area (Å²) in [5, 5.41) is 17.4. The number of aliphatic hydroxyl groups excluding tert-OH is 1. The molecular formula is C29H39F2N3O4. The molecule has 1 saturated heterocycles. The Balaban J connectivity index is 1.82. The second-order valence-electron chi connectivity index (χ2n) is 10.3. The highest BCUT2D eigenvalue weighted by atomic mass is 19.1. The molecule has 1 aliphatic rings. The van der Waals surface area contributed by atoms with Crippen molar-refractivity contribution in [3.63, 3.8) is 0 Å². The van der Waals surface area contributed by atoms with Gasteiger partial charge in [0.05, 0.1) is 18.8 Å². The summed E-state index contributed by atoms with van der Waals surface area (Å²) < 4.78 is 32.7. The zero-order valence-corrected chi connectivity index (χ0v) is 22.6. The van der Waals surface area contributed by atoms with Crippen LogP contribution >= 0.6 is 0 Å². The standard InChI is InChI=1S/C29H39F2N3O4/c1-5-38-28(37)34-11-9-29(10-12-34,23-8-6-7-22(16-23)19(2)3)32-18-27(36)26(33-20(4)35)15-21-13-24(30)17-25(31)14-21/h6-8,13-14,16-17,19,26-27,32,36H,5,9-12,15,18H2,1-4H3,(H,33,35). The number of hydrogen-bond donors (Lipinski definition) is 3. The van der Waals surface area contributed by atoms with Crippen LogP contribution in [0.3, 0.4) is 0 Å². The van der Waals surface area contributed by atoms with Gasteiger partial charge < -0.3 is 25.4 Å². The fourth-order valence-corrected chi connectivity index (χ4v) is 5.02. The summed E-state index contributed by atoms with van der Waals surface area (Å²) in [4.78, 5) is 25.9. The summed E-state index contributed by atoms with van der Waals surface area (Å²) in [5.41, 5.74) is 2.05. The lowest BCUT2D eigenvalue weighted by molar-refractivity contribution is -0.120. The molecule has 3 rings (SSSR count). The van der Waals surface area contributed by atoms with Crippen molar-refractivity contribution in [2.75, 3.05) is 26.2 Å². The zero-order valence-electron chi connectivity index (χ0n) is 22.6. The molecule has 0 bridgehead atoms. The lowest BCUT2D eigenvalue weighted by Crippen LogP contribution is -2.56. The summed E-state index contributed by atoms with van der Waals surface area (Å²) in [7, 11) is 0. The molecule has 0 aliphatic carbocycles. The van der Waals surface area contributed by atoms with Crippen molar-refractivity contribution in [1.82, 2.24) is 15.5 Å². The molecule has 7 nitrogen and oxygen atoms in total. The Kier molecular flexibility index (Phi) is 10.2. The number of carbonyl (C=O) groups is 2. The lowest BCUT2D eigenvalue weighted by atomic mass is 9.79. The molecule has 2 unspecified atom stereocenters. The van der Waals surface area contributed by atoms with Gasteiger partial charge in [0.15, 0.2) is 0 Å². The van der Waals surface area contributed by atoms with Gasteiger partial charge in [-0.2, -0.15) is 0 Å². The molecule has 0 saturated carbocycles. The number of ether oxygens (including phenoxy) is 1. The number of benzene rings is 2. The molecule has 3 N–H and O–H groups in total. The third-order valence-corrected chi connectivity index (χ3v) is 7.13. The highest BCUT2D eigenvalue weighted by Crippen LogP contribution is 2.35. The van der Waals surface area contributed by atoms with Crippen LogP contribution < -0.4 is 10.6 Å². The number of carbonyl (C=O) groups excluding carboxylic acids is 2. The Morgan fingerprint density at radius 3 is 2.34 bits per heavy atom. The van der Waals surface area contributed by atoms with Gasteiger partial charge >= 0.3 is 6.09 Å². The molecule has 38 heavy (non-hydrogen) atoms. The Morgan fingerprint density at radius 1 is 1.11 bits per heavy atom. The maximum absolute atomic E-state index is 13.8. The van der Waals surface area contributed by atoms with E-state index in [0.717, 1.165) is 11.6 Å². The van der Waals surface area contributed by atoms with E-state index < -0.39 is 29.3 Å².